The predicted molar refractivity (Wildman–Crippen MR) is 75.8 cm³/mol. The topological polar surface area (TPSA) is 38.3 Å². The Balaban J connectivity index is 1.97. The maximum absolute atomic E-state index is 12.1. The van der Waals surface area contributed by atoms with Crippen molar-refractivity contribution in [3.05, 3.63) is 29.8 Å². The summed E-state index contributed by atoms with van der Waals surface area (Å²) in [5.41, 5.74) is 2.05. The molecule has 98 valence electrons. The molecule has 0 bridgehead atoms. The number of halogens is 1. The number of anilines is 1. The third-order valence-electron chi connectivity index (χ3n) is 3.32. The molecule has 2 unspecified atom stereocenters. The van der Waals surface area contributed by atoms with Crippen LogP contribution in [-0.4, -0.2) is 18.6 Å². The van der Waals surface area contributed by atoms with Crippen LogP contribution in [0.25, 0.3) is 0 Å². The van der Waals surface area contributed by atoms with Crippen molar-refractivity contribution in [3.63, 3.8) is 0 Å². The molecular weight excluding hydrogens is 294 g/mol. The molecule has 1 aliphatic rings. The first-order valence-corrected chi connectivity index (χ1v) is 7.44. The average Bonchev–Trinajstić information content (AvgIpc) is 2.88. The third-order valence-corrected chi connectivity index (χ3v) is 3.97. The van der Waals surface area contributed by atoms with Crippen LogP contribution in [0.4, 0.5) is 5.69 Å². The van der Waals surface area contributed by atoms with Crippen LogP contribution in [0.3, 0.4) is 0 Å². The number of nitrogens with one attached hydrogen (secondary N) is 1. The van der Waals surface area contributed by atoms with Gasteiger partial charge < -0.3 is 10.1 Å². The highest BCUT2D eigenvalue weighted by atomic mass is 79.9. The van der Waals surface area contributed by atoms with Crippen molar-refractivity contribution in [2.45, 2.75) is 31.2 Å². The van der Waals surface area contributed by atoms with E-state index in [2.05, 4.69) is 28.2 Å². The zero-order valence-corrected chi connectivity index (χ0v) is 12.1. The molecule has 4 heteroatoms. The van der Waals surface area contributed by atoms with Crippen LogP contribution in [0.1, 0.15) is 25.3 Å². The van der Waals surface area contributed by atoms with Crippen LogP contribution in [0.15, 0.2) is 24.3 Å². The molecule has 1 amide bonds. The van der Waals surface area contributed by atoms with Gasteiger partial charge in [-0.15, -0.1) is 0 Å². The van der Waals surface area contributed by atoms with Gasteiger partial charge in [-0.05, 0) is 30.5 Å². The Morgan fingerprint density at radius 3 is 2.78 bits per heavy atom. The summed E-state index contributed by atoms with van der Waals surface area (Å²) >= 11 is 3.40. The largest absolute Gasteiger partial charge is 0.377 e. The van der Waals surface area contributed by atoms with Crippen LogP contribution >= 0.6 is 15.9 Å². The first-order chi connectivity index (χ1) is 8.74. The maximum atomic E-state index is 12.1. The van der Waals surface area contributed by atoms with E-state index < -0.39 is 0 Å². The predicted octanol–water partition coefficient (Wildman–Crippen LogP) is 3.34. The lowest BCUT2D eigenvalue weighted by molar-refractivity contribution is -0.121. The SMILES string of the molecule is CCC1OCCC1C(=O)Nc1ccc(CBr)cc1. The zero-order valence-electron chi connectivity index (χ0n) is 10.5. The Bertz CT molecular complexity index is 405. The molecule has 1 aromatic rings. The van der Waals surface area contributed by atoms with Gasteiger partial charge >= 0.3 is 0 Å². The number of hydrogen-bond acceptors (Lipinski definition) is 2. The molecule has 0 aliphatic carbocycles. The lowest BCUT2D eigenvalue weighted by atomic mass is 9.98. The molecule has 18 heavy (non-hydrogen) atoms. The number of alkyl halides is 1. The van der Waals surface area contributed by atoms with E-state index in [-0.39, 0.29) is 17.9 Å². The Morgan fingerprint density at radius 1 is 1.44 bits per heavy atom. The number of ether oxygens (including phenoxy) is 1. The molecule has 0 spiro atoms. The van der Waals surface area contributed by atoms with E-state index in [1.807, 2.05) is 24.3 Å². The van der Waals surface area contributed by atoms with Gasteiger partial charge in [0.1, 0.15) is 0 Å². The Morgan fingerprint density at radius 2 is 2.17 bits per heavy atom. The molecule has 1 saturated heterocycles. The fourth-order valence-electron chi connectivity index (χ4n) is 2.26. The van der Waals surface area contributed by atoms with Crippen molar-refractivity contribution in [2.75, 3.05) is 11.9 Å². The minimum atomic E-state index is -0.00847. The van der Waals surface area contributed by atoms with Crippen molar-refractivity contribution >= 4 is 27.5 Å². The van der Waals surface area contributed by atoms with Crippen LogP contribution < -0.4 is 5.32 Å². The Labute approximate surface area is 116 Å². The molecular formula is C14H18BrNO2. The number of rotatable bonds is 4. The fraction of sp³-hybridized carbons (Fsp3) is 0.500. The van der Waals surface area contributed by atoms with E-state index in [1.165, 1.54) is 5.56 Å². The molecule has 1 N–H and O–H groups in total. The van der Waals surface area contributed by atoms with E-state index in [0.29, 0.717) is 6.61 Å². The molecule has 2 rings (SSSR count). The smallest absolute Gasteiger partial charge is 0.230 e. The van der Waals surface area contributed by atoms with Crippen molar-refractivity contribution in [3.8, 4) is 0 Å². The lowest BCUT2D eigenvalue weighted by Crippen LogP contribution is -2.29. The lowest BCUT2D eigenvalue weighted by Gasteiger charge is -2.16. The van der Waals surface area contributed by atoms with Crippen molar-refractivity contribution in [2.24, 2.45) is 5.92 Å². The molecule has 0 saturated carbocycles. The summed E-state index contributed by atoms with van der Waals surface area (Å²) in [5.74, 6) is 0.0665. The molecule has 0 aromatic heterocycles. The van der Waals surface area contributed by atoms with Gasteiger partial charge in [0.2, 0.25) is 5.91 Å². The van der Waals surface area contributed by atoms with Gasteiger partial charge in [0.25, 0.3) is 0 Å². The van der Waals surface area contributed by atoms with E-state index in [1.54, 1.807) is 0 Å². The van der Waals surface area contributed by atoms with E-state index in [4.69, 9.17) is 4.74 Å². The van der Waals surface area contributed by atoms with Gasteiger partial charge in [-0.25, -0.2) is 0 Å². The van der Waals surface area contributed by atoms with Crippen molar-refractivity contribution in [1.82, 2.24) is 0 Å². The van der Waals surface area contributed by atoms with Gasteiger partial charge in [-0.1, -0.05) is 35.0 Å². The first-order valence-electron chi connectivity index (χ1n) is 6.32. The highest BCUT2D eigenvalue weighted by Gasteiger charge is 2.32. The van der Waals surface area contributed by atoms with E-state index in [0.717, 1.165) is 23.9 Å². The molecule has 1 aliphatic heterocycles. The number of carbonyl (C=O) groups excluding carboxylic acids is 1. The molecule has 1 heterocycles. The van der Waals surface area contributed by atoms with E-state index >= 15 is 0 Å². The quantitative estimate of drug-likeness (QED) is 0.866. The maximum Gasteiger partial charge on any atom is 0.230 e. The normalized spacial score (nSPS) is 23.0. The Hall–Kier alpha value is -0.870. The van der Waals surface area contributed by atoms with Gasteiger partial charge in [0, 0.05) is 17.6 Å². The van der Waals surface area contributed by atoms with Crippen LogP contribution in [0.5, 0.6) is 0 Å². The van der Waals surface area contributed by atoms with Gasteiger partial charge in [0.05, 0.1) is 12.0 Å². The average molecular weight is 312 g/mol. The summed E-state index contributed by atoms with van der Waals surface area (Å²) in [5, 5.41) is 3.79. The summed E-state index contributed by atoms with van der Waals surface area (Å²) in [7, 11) is 0. The second kappa shape index (κ2) is 6.34. The summed E-state index contributed by atoms with van der Waals surface area (Å²) < 4.78 is 5.54. The standard InChI is InChI=1S/C14H18BrNO2/c1-2-13-12(7-8-18-13)14(17)16-11-5-3-10(9-15)4-6-11/h3-6,12-13H,2,7-9H2,1H3,(H,16,17). The monoisotopic (exact) mass is 311 g/mol. The Kier molecular flexibility index (Phi) is 4.78. The number of hydrogen-bond donors (Lipinski definition) is 1. The summed E-state index contributed by atoms with van der Waals surface area (Å²) in [6.45, 7) is 2.75. The van der Waals surface area contributed by atoms with Crippen LogP contribution in [-0.2, 0) is 14.9 Å². The number of carbonyl (C=O) groups is 1. The second-order valence-electron chi connectivity index (χ2n) is 4.53. The molecule has 3 nitrogen and oxygen atoms in total. The molecule has 2 atom stereocenters. The second-order valence-corrected chi connectivity index (χ2v) is 5.09. The minimum Gasteiger partial charge on any atom is -0.377 e. The minimum absolute atomic E-state index is 0.00847. The number of benzene rings is 1. The zero-order chi connectivity index (χ0) is 13.0. The highest BCUT2D eigenvalue weighted by molar-refractivity contribution is 9.08. The van der Waals surface area contributed by atoms with E-state index in [9.17, 15) is 4.79 Å². The van der Waals surface area contributed by atoms with Crippen molar-refractivity contribution in [1.29, 1.82) is 0 Å². The summed E-state index contributed by atoms with van der Waals surface area (Å²) in [6, 6.07) is 7.89. The summed E-state index contributed by atoms with van der Waals surface area (Å²) in [4.78, 5) is 12.1. The van der Waals surface area contributed by atoms with Crippen LogP contribution in [0, 0.1) is 5.92 Å². The van der Waals surface area contributed by atoms with Crippen LogP contribution in [0.2, 0.25) is 0 Å². The number of amides is 1. The first kappa shape index (κ1) is 13.6. The molecule has 1 aromatic carbocycles. The van der Waals surface area contributed by atoms with Gasteiger partial charge in [-0.2, -0.15) is 0 Å². The third kappa shape index (κ3) is 3.12. The van der Waals surface area contributed by atoms with Crippen molar-refractivity contribution < 1.29 is 9.53 Å². The summed E-state index contributed by atoms with van der Waals surface area (Å²) in [6.07, 6.45) is 1.79. The molecule has 0 radical (unpaired) electrons. The fourth-order valence-corrected chi connectivity index (χ4v) is 2.64. The van der Waals surface area contributed by atoms with Gasteiger partial charge in [-0.3, -0.25) is 4.79 Å². The highest BCUT2D eigenvalue weighted by Crippen LogP contribution is 2.25. The van der Waals surface area contributed by atoms with Gasteiger partial charge in [0.15, 0.2) is 0 Å². The molecule has 1 fully saturated rings.